The lowest BCUT2D eigenvalue weighted by Crippen LogP contribution is -2.39. The monoisotopic (exact) mass is 225 g/mol. The number of aliphatic carboxylic acids is 1. The summed E-state index contributed by atoms with van der Waals surface area (Å²) in [5.41, 5.74) is 0. The van der Waals surface area contributed by atoms with Crippen LogP contribution in [0.4, 0.5) is 0 Å². The van der Waals surface area contributed by atoms with Gasteiger partial charge in [-0.2, -0.15) is 0 Å². The summed E-state index contributed by atoms with van der Waals surface area (Å²) in [5, 5.41) is 8.55. The maximum atomic E-state index is 11.8. The van der Waals surface area contributed by atoms with Gasteiger partial charge in [0.2, 0.25) is 5.91 Å². The van der Waals surface area contributed by atoms with E-state index >= 15 is 0 Å². The fraction of sp³-hybridized carbons (Fsp3) is 0.667. The van der Waals surface area contributed by atoms with Crippen molar-refractivity contribution >= 4 is 11.9 Å². The molecule has 0 bridgehead atoms. The quantitative estimate of drug-likeness (QED) is 0.701. The summed E-state index contributed by atoms with van der Waals surface area (Å²) in [7, 11) is 0. The van der Waals surface area contributed by atoms with Gasteiger partial charge in [-0.05, 0) is 12.8 Å². The molecule has 1 rings (SSSR count). The lowest BCUT2D eigenvalue weighted by molar-refractivity contribution is -0.141. The molecule has 0 saturated heterocycles. The van der Waals surface area contributed by atoms with Crippen LogP contribution in [-0.2, 0) is 9.59 Å². The zero-order valence-electron chi connectivity index (χ0n) is 9.52. The number of carboxylic acid groups (broad SMARTS) is 1. The van der Waals surface area contributed by atoms with Gasteiger partial charge in [-0.3, -0.25) is 9.59 Å². The Morgan fingerprint density at radius 1 is 1.31 bits per heavy atom. The predicted octanol–water partition coefficient (Wildman–Crippen LogP) is 1.81. The third kappa shape index (κ3) is 3.68. The van der Waals surface area contributed by atoms with Gasteiger partial charge in [0, 0.05) is 19.0 Å². The minimum Gasteiger partial charge on any atom is -0.481 e. The van der Waals surface area contributed by atoms with Crippen LogP contribution < -0.4 is 0 Å². The Morgan fingerprint density at radius 3 is 2.44 bits per heavy atom. The van der Waals surface area contributed by atoms with Crippen molar-refractivity contribution in [3.05, 3.63) is 12.7 Å². The molecule has 0 unspecified atom stereocenters. The molecule has 90 valence electrons. The zero-order valence-corrected chi connectivity index (χ0v) is 9.52. The average Bonchev–Trinajstić information content (AvgIpc) is 2.75. The maximum absolute atomic E-state index is 11.8. The molecular formula is C12H19NO3. The van der Waals surface area contributed by atoms with Crippen molar-refractivity contribution in [2.24, 2.45) is 0 Å². The first-order chi connectivity index (χ1) is 7.65. The van der Waals surface area contributed by atoms with E-state index < -0.39 is 5.97 Å². The van der Waals surface area contributed by atoms with Gasteiger partial charge in [0.15, 0.2) is 0 Å². The second kappa shape index (κ2) is 6.30. The number of amides is 1. The van der Waals surface area contributed by atoms with Gasteiger partial charge in [0.25, 0.3) is 0 Å². The Morgan fingerprint density at radius 2 is 1.94 bits per heavy atom. The van der Waals surface area contributed by atoms with Crippen LogP contribution in [0.25, 0.3) is 0 Å². The topological polar surface area (TPSA) is 57.6 Å². The van der Waals surface area contributed by atoms with Crippen molar-refractivity contribution in [1.82, 2.24) is 4.90 Å². The Hall–Kier alpha value is -1.32. The van der Waals surface area contributed by atoms with E-state index in [-0.39, 0.29) is 18.7 Å². The molecule has 1 aliphatic carbocycles. The van der Waals surface area contributed by atoms with Gasteiger partial charge in [-0.25, -0.2) is 0 Å². The molecule has 0 radical (unpaired) electrons. The number of carbonyl (C=O) groups is 2. The second-order valence-corrected chi connectivity index (χ2v) is 4.17. The fourth-order valence-corrected chi connectivity index (χ4v) is 2.17. The van der Waals surface area contributed by atoms with E-state index in [9.17, 15) is 9.59 Å². The number of hydrogen-bond donors (Lipinski definition) is 1. The highest BCUT2D eigenvalue weighted by atomic mass is 16.4. The third-order valence-corrected chi connectivity index (χ3v) is 2.96. The molecule has 0 aromatic carbocycles. The van der Waals surface area contributed by atoms with E-state index in [1.807, 2.05) is 0 Å². The van der Waals surface area contributed by atoms with Crippen LogP contribution in [0.2, 0.25) is 0 Å². The molecule has 16 heavy (non-hydrogen) atoms. The average molecular weight is 225 g/mol. The fourth-order valence-electron chi connectivity index (χ4n) is 2.17. The van der Waals surface area contributed by atoms with E-state index in [2.05, 4.69) is 6.58 Å². The molecule has 0 aromatic heterocycles. The van der Waals surface area contributed by atoms with Gasteiger partial charge >= 0.3 is 5.97 Å². The van der Waals surface area contributed by atoms with E-state index in [0.29, 0.717) is 12.6 Å². The van der Waals surface area contributed by atoms with Crippen LogP contribution in [-0.4, -0.2) is 34.5 Å². The first-order valence-corrected chi connectivity index (χ1v) is 5.77. The molecular weight excluding hydrogens is 206 g/mol. The maximum Gasteiger partial charge on any atom is 0.303 e. The van der Waals surface area contributed by atoms with E-state index in [1.165, 1.54) is 0 Å². The molecule has 0 aliphatic heterocycles. The number of rotatable bonds is 6. The Bertz CT molecular complexity index is 269. The van der Waals surface area contributed by atoms with Crippen molar-refractivity contribution in [3.8, 4) is 0 Å². The van der Waals surface area contributed by atoms with E-state index in [0.717, 1.165) is 25.7 Å². The number of carbonyl (C=O) groups excluding carboxylic acids is 1. The molecule has 1 fully saturated rings. The van der Waals surface area contributed by atoms with E-state index in [1.54, 1.807) is 11.0 Å². The van der Waals surface area contributed by atoms with Crippen LogP contribution in [0, 0.1) is 0 Å². The third-order valence-electron chi connectivity index (χ3n) is 2.96. The van der Waals surface area contributed by atoms with Gasteiger partial charge in [0.1, 0.15) is 0 Å². The zero-order chi connectivity index (χ0) is 12.0. The second-order valence-electron chi connectivity index (χ2n) is 4.17. The van der Waals surface area contributed by atoms with Crippen molar-refractivity contribution in [2.75, 3.05) is 6.54 Å². The number of carboxylic acids is 1. The van der Waals surface area contributed by atoms with Crippen LogP contribution in [0.1, 0.15) is 38.5 Å². The molecule has 4 nitrogen and oxygen atoms in total. The van der Waals surface area contributed by atoms with Crippen molar-refractivity contribution in [2.45, 2.75) is 44.6 Å². The van der Waals surface area contributed by atoms with Crippen LogP contribution in [0.15, 0.2) is 12.7 Å². The summed E-state index contributed by atoms with van der Waals surface area (Å²) in [6, 6.07) is 0.291. The van der Waals surface area contributed by atoms with E-state index in [4.69, 9.17) is 5.11 Å². The standard InChI is InChI=1S/C12H19NO3/c1-2-9-13(10-5-3-4-6-10)11(14)7-8-12(15)16/h2,10H,1,3-9H2,(H,15,16). The lowest BCUT2D eigenvalue weighted by atomic mass is 10.1. The smallest absolute Gasteiger partial charge is 0.303 e. The number of hydrogen-bond acceptors (Lipinski definition) is 2. The van der Waals surface area contributed by atoms with Crippen molar-refractivity contribution in [3.63, 3.8) is 0 Å². The van der Waals surface area contributed by atoms with Gasteiger partial charge in [-0.1, -0.05) is 18.9 Å². The summed E-state index contributed by atoms with van der Waals surface area (Å²) in [6.07, 6.45) is 6.10. The first kappa shape index (κ1) is 12.7. The molecule has 0 heterocycles. The van der Waals surface area contributed by atoms with Crippen LogP contribution >= 0.6 is 0 Å². The molecule has 1 amide bonds. The highest BCUT2D eigenvalue weighted by Crippen LogP contribution is 2.24. The van der Waals surface area contributed by atoms with Crippen LogP contribution in [0.5, 0.6) is 0 Å². The Balaban J connectivity index is 2.50. The van der Waals surface area contributed by atoms with Gasteiger partial charge < -0.3 is 10.0 Å². The molecule has 1 N–H and O–H groups in total. The Labute approximate surface area is 95.9 Å². The minimum absolute atomic E-state index is 0.0609. The summed E-state index contributed by atoms with van der Waals surface area (Å²) >= 11 is 0. The number of nitrogens with zero attached hydrogens (tertiary/aromatic N) is 1. The van der Waals surface area contributed by atoms with Crippen molar-refractivity contribution in [1.29, 1.82) is 0 Å². The highest BCUT2D eigenvalue weighted by molar-refractivity contribution is 5.81. The van der Waals surface area contributed by atoms with Gasteiger partial charge in [-0.15, -0.1) is 6.58 Å². The molecule has 4 heteroatoms. The summed E-state index contributed by atoms with van der Waals surface area (Å²) < 4.78 is 0. The normalized spacial score (nSPS) is 16.0. The molecule has 1 aliphatic rings. The SMILES string of the molecule is C=CCN(C(=O)CCC(=O)O)C1CCCC1. The minimum atomic E-state index is -0.918. The largest absolute Gasteiger partial charge is 0.481 e. The summed E-state index contributed by atoms with van der Waals surface area (Å²) in [6.45, 7) is 4.17. The van der Waals surface area contributed by atoms with Crippen LogP contribution in [0.3, 0.4) is 0 Å². The Kier molecular flexibility index (Phi) is 5.02. The molecule has 0 atom stereocenters. The first-order valence-electron chi connectivity index (χ1n) is 5.77. The predicted molar refractivity (Wildman–Crippen MR) is 61.0 cm³/mol. The molecule has 1 saturated carbocycles. The summed E-state index contributed by atoms with van der Waals surface area (Å²) in [4.78, 5) is 24.0. The molecule has 0 spiro atoms. The lowest BCUT2D eigenvalue weighted by Gasteiger charge is -2.27. The highest BCUT2D eigenvalue weighted by Gasteiger charge is 2.25. The summed E-state index contributed by atoms with van der Waals surface area (Å²) in [5.74, 6) is -0.979. The van der Waals surface area contributed by atoms with Gasteiger partial charge in [0.05, 0.1) is 6.42 Å². The van der Waals surface area contributed by atoms with Crippen molar-refractivity contribution < 1.29 is 14.7 Å². The molecule has 0 aromatic rings.